The molecule has 0 bridgehead atoms. The van der Waals surface area contributed by atoms with Crippen LogP contribution < -0.4 is 0 Å². The summed E-state index contributed by atoms with van der Waals surface area (Å²) >= 11 is 0. The molecule has 3 aromatic rings. The van der Waals surface area contributed by atoms with Crippen LogP contribution >= 0.6 is 0 Å². The van der Waals surface area contributed by atoms with E-state index in [1.165, 1.54) is 44.2 Å². The highest BCUT2D eigenvalue weighted by Crippen LogP contribution is 2.42. The number of terminal acetylenes is 1. The first-order valence-corrected chi connectivity index (χ1v) is 11.8. The molecule has 1 heterocycles. The minimum atomic E-state index is 0.612. The third-order valence-electron chi connectivity index (χ3n) is 7.27. The summed E-state index contributed by atoms with van der Waals surface area (Å²) in [6, 6.07) is 15.7. The molecule has 0 unspecified atom stereocenters. The van der Waals surface area contributed by atoms with Crippen molar-refractivity contribution < 1.29 is 4.74 Å². The van der Waals surface area contributed by atoms with Gasteiger partial charge in [-0.3, -0.25) is 0 Å². The maximum Gasteiger partial charge on any atom is 0.113 e. The predicted octanol–water partition coefficient (Wildman–Crippen LogP) is 7.74. The summed E-state index contributed by atoms with van der Waals surface area (Å²) in [4.78, 5) is 0. The van der Waals surface area contributed by atoms with Gasteiger partial charge in [0.25, 0.3) is 0 Å². The Balaban J connectivity index is 1.51. The van der Waals surface area contributed by atoms with Crippen LogP contribution in [0.5, 0.6) is 0 Å². The first kappa shape index (κ1) is 19.9. The number of ether oxygens (including phenoxy) is 1. The van der Waals surface area contributed by atoms with Gasteiger partial charge in [0, 0.05) is 5.57 Å². The van der Waals surface area contributed by atoms with Crippen molar-refractivity contribution in [2.75, 3.05) is 0 Å². The molecule has 0 atom stereocenters. The molecule has 3 aromatic carbocycles. The lowest BCUT2D eigenvalue weighted by atomic mass is 9.78. The van der Waals surface area contributed by atoms with E-state index in [0.29, 0.717) is 6.61 Å². The molecule has 0 amide bonds. The van der Waals surface area contributed by atoms with Crippen molar-refractivity contribution in [2.24, 2.45) is 0 Å². The smallest absolute Gasteiger partial charge is 0.113 e. The first-order chi connectivity index (χ1) is 16.2. The molecule has 1 nitrogen and oxygen atoms in total. The van der Waals surface area contributed by atoms with Gasteiger partial charge in [-0.15, -0.1) is 6.42 Å². The van der Waals surface area contributed by atoms with E-state index in [4.69, 9.17) is 11.2 Å². The van der Waals surface area contributed by atoms with Gasteiger partial charge in [0.1, 0.15) is 12.4 Å². The Morgan fingerprint density at radius 3 is 2.64 bits per heavy atom. The summed E-state index contributed by atoms with van der Waals surface area (Å²) < 4.78 is 5.89. The average molecular weight is 427 g/mol. The molecule has 1 aliphatic heterocycles. The van der Waals surface area contributed by atoms with Crippen molar-refractivity contribution >= 4 is 34.1 Å². The molecule has 0 N–H and O–H groups in total. The van der Waals surface area contributed by atoms with E-state index in [1.54, 1.807) is 17.2 Å². The van der Waals surface area contributed by atoms with Crippen LogP contribution in [0, 0.1) is 12.3 Å². The normalized spacial score (nSPS) is 16.7. The van der Waals surface area contributed by atoms with E-state index in [9.17, 15) is 0 Å². The minimum absolute atomic E-state index is 0.612. The molecule has 0 spiro atoms. The Morgan fingerprint density at radius 2 is 1.79 bits per heavy atom. The molecule has 0 fully saturated rings. The van der Waals surface area contributed by atoms with E-state index in [0.717, 1.165) is 37.0 Å². The molecule has 33 heavy (non-hydrogen) atoms. The van der Waals surface area contributed by atoms with Crippen LogP contribution in [0.4, 0.5) is 0 Å². The zero-order valence-electron chi connectivity index (χ0n) is 18.9. The van der Waals surface area contributed by atoms with Gasteiger partial charge in [-0.25, -0.2) is 0 Å². The van der Waals surface area contributed by atoms with Crippen LogP contribution in [0.25, 0.3) is 34.1 Å². The molecule has 0 saturated heterocycles. The molecule has 1 heteroatoms. The van der Waals surface area contributed by atoms with Crippen molar-refractivity contribution in [3.63, 3.8) is 0 Å². The second kappa shape index (κ2) is 7.98. The third kappa shape index (κ3) is 3.26. The van der Waals surface area contributed by atoms with Crippen molar-refractivity contribution in [3.05, 3.63) is 105 Å². The van der Waals surface area contributed by atoms with Gasteiger partial charge in [0.2, 0.25) is 0 Å². The van der Waals surface area contributed by atoms with Crippen LogP contribution in [-0.4, -0.2) is 0 Å². The first-order valence-electron chi connectivity index (χ1n) is 11.8. The minimum Gasteiger partial charge on any atom is -0.493 e. The largest absolute Gasteiger partial charge is 0.493 e. The van der Waals surface area contributed by atoms with Gasteiger partial charge < -0.3 is 4.74 Å². The summed E-state index contributed by atoms with van der Waals surface area (Å²) in [5, 5.41) is 2.75. The molecule has 2 aliphatic carbocycles. The fourth-order valence-electron chi connectivity index (χ4n) is 5.64. The molecular formula is C32H26O. The maximum absolute atomic E-state index is 5.89. The Kier molecular flexibility index (Phi) is 4.81. The third-order valence-corrected chi connectivity index (χ3v) is 7.27. The van der Waals surface area contributed by atoms with Crippen molar-refractivity contribution in [1.29, 1.82) is 0 Å². The van der Waals surface area contributed by atoms with Gasteiger partial charge in [-0.05, 0) is 106 Å². The monoisotopic (exact) mass is 426 g/mol. The van der Waals surface area contributed by atoms with Crippen molar-refractivity contribution in [1.82, 2.24) is 0 Å². The lowest BCUT2D eigenvalue weighted by Gasteiger charge is -2.26. The summed E-state index contributed by atoms with van der Waals surface area (Å²) in [5.41, 5.74) is 12.2. The zero-order chi connectivity index (χ0) is 22.4. The quantitative estimate of drug-likeness (QED) is 0.381. The maximum atomic E-state index is 5.89. The lowest BCUT2D eigenvalue weighted by molar-refractivity contribution is 0.197. The number of hydrogen-bond donors (Lipinski definition) is 0. The molecular weight excluding hydrogens is 400 g/mol. The van der Waals surface area contributed by atoms with Crippen LogP contribution in [0.3, 0.4) is 0 Å². The second-order valence-corrected chi connectivity index (χ2v) is 9.07. The lowest BCUT2D eigenvalue weighted by Crippen LogP contribution is -2.09. The highest BCUT2D eigenvalue weighted by molar-refractivity contribution is 6.03. The van der Waals surface area contributed by atoms with E-state index < -0.39 is 0 Å². The number of fused-ring (bicyclic) bond motifs is 7. The Hall–Kier alpha value is -3.76. The Labute approximate surface area is 195 Å². The van der Waals surface area contributed by atoms with Crippen LogP contribution in [0.2, 0.25) is 0 Å². The fourth-order valence-corrected chi connectivity index (χ4v) is 5.64. The van der Waals surface area contributed by atoms with Crippen molar-refractivity contribution in [3.8, 4) is 12.3 Å². The van der Waals surface area contributed by atoms with Crippen molar-refractivity contribution in [2.45, 2.75) is 39.2 Å². The van der Waals surface area contributed by atoms with Gasteiger partial charge in [0.05, 0.1) is 0 Å². The summed E-state index contributed by atoms with van der Waals surface area (Å²) in [5.74, 6) is 3.54. The number of hydrogen-bond acceptors (Lipinski definition) is 1. The zero-order valence-corrected chi connectivity index (χ0v) is 18.9. The van der Waals surface area contributed by atoms with E-state index in [-0.39, 0.29) is 0 Å². The van der Waals surface area contributed by atoms with E-state index in [1.807, 2.05) is 13.0 Å². The average Bonchev–Trinajstić information content (AvgIpc) is 2.88. The van der Waals surface area contributed by atoms with Crippen LogP contribution in [-0.2, 0) is 24.2 Å². The van der Waals surface area contributed by atoms with Gasteiger partial charge in [-0.1, -0.05) is 60.5 Å². The van der Waals surface area contributed by atoms with Crippen LogP contribution in [0.1, 0.15) is 58.7 Å². The summed E-state index contributed by atoms with van der Waals surface area (Å²) in [6.07, 6.45) is 20.8. The highest BCUT2D eigenvalue weighted by atomic mass is 16.5. The topological polar surface area (TPSA) is 9.23 Å². The SMILES string of the molecule is C#C/C=C\C1=C(C)OCc2ccc(C3=Cc4c(c5c(c6ccccc46)C=CCC5)CC3)cc21. The van der Waals surface area contributed by atoms with Crippen LogP contribution in [0.15, 0.2) is 66.5 Å². The van der Waals surface area contributed by atoms with Gasteiger partial charge in [0.15, 0.2) is 0 Å². The molecule has 6 rings (SSSR count). The molecule has 0 aromatic heterocycles. The molecule has 0 saturated carbocycles. The number of allylic oxidation sites excluding steroid dienone is 6. The molecule has 3 aliphatic rings. The predicted molar refractivity (Wildman–Crippen MR) is 139 cm³/mol. The Bertz CT molecular complexity index is 1470. The van der Waals surface area contributed by atoms with E-state index in [2.05, 4.69) is 66.6 Å². The summed E-state index contributed by atoms with van der Waals surface area (Å²) in [6.45, 7) is 2.63. The molecule has 160 valence electrons. The standard InChI is InChI=1S/C32H26O/c1-3-4-9-25-21(2)33-20-24-15-14-22(18-31(24)25)23-16-17-30-28-12-6-5-10-26(28)27-11-7-8-13-29(27)32(30)19-23/h1,4-5,7-11,13-15,18-19H,6,12,16-17,20H2,2H3/b9-4-. The molecule has 0 radical (unpaired) electrons. The highest BCUT2D eigenvalue weighted by Gasteiger charge is 2.23. The van der Waals surface area contributed by atoms with Gasteiger partial charge >= 0.3 is 0 Å². The van der Waals surface area contributed by atoms with Gasteiger partial charge in [-0.2, -0.15) is 0 Å². The fraction of sp³-hybridized carbons (Fsp3) is 0.188. The Morgan fingerprint density at radius 1 is 0.970 bits per heavy atom. The summed E-state index contributed by atoms with van der Waals surface area (Å²) in [7, 11) is 0. The number of rotatable bonds is 2. The van der Waals surface area contributed by atoms with E-state index >= 15 is 0 Å². The number of benzene rings is 3. The second-order valence-electron chi connectivity index (χ2n) is 9.07.